The van der Waals surface area contributed by atoms with Crippen LogP contribution in [-0.2, 0) is 0 Å². The smallest absolute Gasteiger partial charge is 0.227 e. The zero-order valence-electron chi connectivity index (χ0n) is 13.1. The van der Waals surface area contributed by atoms with Crippen molar-refractivity contribution >= 4 is 22.7 Å². The van der Waals surface area contributed by atoms with Crippen LogP contribution in [0.1, 0.15) is 0 Å². The SMILES string of the molecule is Oc1ccc(Nc2ncc3ncc(-c4ccc(O)cc4)cc3n2)cc1. The molecule has 0 bridgehead atoms. The summed E-state index contributed by atoms with van der Waals surface area (Å²) in [6.07, 6.45) is 3.41. The number of hydrogen-bond acceptors (Lipinski definition) is 6. The number of pyridine rings is 1. The fourth-order valence-corrected chi connectivity index (χ4v) is 2.46. The van der Waals surface area contributed by atoms with E-state index in [4.69, 9.17) is 0 Å². The molecule has 4 aromatic rings. The van der Waals surface area contributed by atoms with Crippen LogP contribution in [0.25, 0.3) is 22.2 Å². The molecule has 0 fully saturated rings. The van der Waals surface area contributed by atoms with E-state index >= 15 is 0 Å². The Hall–Kier alpha value is -3.67. The molecule has 0 saturated heterocycles. The number of fused-ring (bicyclic) bond motifs is 1. The summed E-state index contributed by atoms with van der Waals surface area (Å²) in [4.78, 5) is 13.1. The number of nitrogens with zero attached hydrogens (tertiary/aromatic N) is 3. The van der Waals surface area contributed by atoms with Gasteiger partial charge in [0.2, 0.25) is 5.95 Å². The summed E-state index contributed by atoms with van der Waals surface area (Å²) in [5.41, 5.74) is 4.03. The topological polar surface area (TPSA) is 91.2 Å². The fourth-order valence-electron chi connectivity index (χ4n) is 2.46. The second-order valence-electron chi connectivity index (χ2n) is 5.54. The van der Waals surface area contributed by atoms with Gasteiger partial charge in [-0.1, -0.05) is 12.1 Å². The average molecular weight is 330 g/mol. The zero-order valence-corrected chi connectivity index (χ0v) is 13.1. The van der Waals surface area contributed by atoms with E-state index in [2.05, 4.69) is 20.3 Å². The van der Waals surface area contributed by atoms with Gasteiger partial charge in [0.1, 0.15) is 17.0 Å². The Bertz CT molecular complexity index is 1030. The molecule has 0 saturated carbocycles. The summed E-state index contributed by atoms with van der Waals surface area (Å²) in [6, 6.07) is 15.5. The van der Waals surface area contributed by atoms with Gasteiger partial charge < -0.3 is 15.5 Å². The summed E-state index contributed by atoms with van der Waals surface area (Å²) < 4.78 is 0. The Kier molecular flexibility index (Phi) is 3.63. The molecule has 0 radical (unpaired) electrons. The standard InChI is InChI=1S/C19H14N4O2/c24-15-5-1-12(2-6-15)13-9-17-18(20-10-13)11-21-19(23-17)22-14-3-7-16(25)8-4-14/h1-11,24-25H,(H,21,22,23). The number of rotatable bonds is 3. The largest absolute Gasteiger partial charge is 0.508 e. The predicted molar refractivity (Wildman–Crippen MR) is 95.8 cm³/mol. The molecule has 122 valence electrons. The number of hydrogen-bond donors (Lipinski definition) is 3. The van der Waals surface area contributed by atoms with Crippen LogP contribution in [0.5, 0.6) is 11.5 Å². The van der Waals surface area contributed by atoms with Gasteiger partial charge in [0.05, 0.1) is 11.7 Å². The number of benzene rings is 2. The first-order chi connectivity index (χ1) is 12.2. The van der Waals surface area contributed by atoms with Crippen LogP contribution >= 0.6 is 0 Å². The average Bonchev–Trinajstić information content (AvgIpc) is 2.64. The van der Waals surface area contributed by atoms with Crippen molar-refractivity contribution in [2.24, 2.45) is 0 Å². The van der Waals surface area contributed by atoms with E-state index in [1.165, 1.54) is 0 Å². The van der Waals surface area contributed by atoms with Crippen molar-refractivity contribution in [1.82, 2.24) is 15.0 Å². The summed E-state index contributed by atoms with van der Waals surface area (Å²) in [5.74, 6) is 0.871. The molecule has 0 aliphatic heterocycles. The fraction of sp³-hybridized carbons (Fsp3) is 0. The van der Waals surface area contributed by atoms with E-state index in [9.17, 15) is 10.2 Å². The molecule has 0 aliphatic carbocycles. The molecule has 6 nitrogen and oxygen atoms in total. The zero-order chi connectivity index (χ0) is 17.2. The number of nitrogens with one attached hydrogen (secondary N) is 1. The molecule has 2 heterocycles. The highest BCUT2D eigenvalue weighted by molar-refractivity contribution is 5.80. The van der Waals surface area contributed by atoms with Gasteiger partial charge in [0.25, 0.3) is 0 Å². The molecule has 4 rings (SSSR count). The Morgan fingerprint density at radius 2 is 1.36 bits per heavy atom. The molecule has 2 aromatic carbocycles. The Morgan fingerprint density at radius 3 is 2.08 bits per heavy atom. The van der Waals surface area contributed by atoms with Crippen LogP contribution in [-0.4, -0.2) is 25.2 Å². The van der Waals surface area contributed by atoms with Crippen LogP contribution < -0.4 is 5.32 Å². The van der Waals surface area contributed by atoms with E-state index in [0.717, 1.165) is 16.8 Å². The lowest BCUT2D eigenvalue weighted by Crippen LogP contribution is -1.97. The number of phenols is 2. The van der Waals surface area contributed by atoms with Crippen molar-refractivity contribution in [3.8, 4) is 22.6 Å². The first-order valence-corrected chi connectivity index (χ1v) is 7.66. The predicted octanol–water partition coefficient (Wildman–Crippen LogP) is 3.85. The van der Waals surface area contributed by atoms with Crippen LogP contribution in [0.2, 0.25) is 0 Å². The van der Waals surface area contributed by atoms with E-state index in [1.807, 2.05) is 18.2 Å². The summed E-state index contributed by atoms with van der Waals surface area (Å²) >= 11 is 0. The van der Waals surface area contributed by atoms with Gasteiger partial charge >= 0.3 is 0 Å². The van der Waals surface area contributed by atoms with Crippen molar-refractivity contribution in [2.45, 2.75) is 0 Å². The summed E-state index contributed by atoms with van der Waals surface area (Å²) in [6.45, 7) is 0. The minimum Gasteiger partial charge on any atom is -0.508 e. The number of phenolic OH excluding ortho intramolecular Hbond substituents is 2. The molecule has 0 unspecified atom stereocenters. The number of aromatic nitrogens is 3. The van der Waals surface area contributed by atoms with E-state index in [0.29, 0.717) is 17.0 Å². The van der Waals surface area contributed by atoms with Gasteiger partial charge in [-0.15, -0.1) is 0 Å². The minimum atomic E-state index is 0.202. The molecule has 25 heavy (non-hydrogen) atoms. The van der Waals surface area contributed by atoms with E-state index < -0.39 is 0 Å². The van der Waals surface area contributed by atoms with Crippen molar-refractivity contribution in [1.29, 1.82) is 0 Å². The highest BCUT2D eigenvalue weighted by atomic mass is 16.3. The molecule has 0 aliphatic rings. The lowest BCUT2D eigenvalue weighted by molar-refractivity contribution is 0.475. The van der Waals surface area contributed by atoms with Gasteiger partial charge in [-0.05, 0) is 48.0 Å². The third kappa shape index (κ3) is 3.18. The van der Waals surface area contributed by atoms with Crippen LogP contribution in [0.4, 0.5) is 11.6 Å². The van der Waals surface area contributed by atoms with Crippen LogP contribution in [0, 0.1) is 0 Å². The highest BCUT2D eigenvalue weighted by Crippen LogP contribution is 2.24. The van der Waals surface area contributed by atoms with Crippen LogP contribution in [0.3, 0.4) is 0 Å². The maximum Gasteiger partial charge on any atom is 0.227 e. The first kappa shape index (κ1) is 14.9. The highest BCUT2D eigenvalue weighted by Gasteiger charge is 2.05. The molecule has 0 spiro atoms. The second kappa shape index (κ2) is 6.09. The Balaban J connectivity index is 1.68. The lowest BCUT2D eigenvalue weighted by Gasteiger charge is -2.07. The number of aromatic hydroxyl groups is 2. The third-order valence-electron chi connectivity index (χ3n) is 3.76. The molecular formula is C19H14N4O2. The lowest BCUT2D eigenvalue weighted by atomic mass is 10.1. The van der Waals surface area contributed by atoms with Gasteiger partial charge in [-0.25, -0.2) is 9.97 Å². The number of anilines is 2. The quantitative estimate of drug-likeness (QED) is 0.494. The monoisotopic (exact) mass is 330 g/mol. The van der Waals surface area contributed by atoms with E-state index in [1.54, 1.807) is 48.8 Å². The molecule has 6 heteroatoms. The van der Waals surface area contributed by atoms with E-state index in [-0.39, 0.29) is 11.5 Å². The maximum atomic E-state index is 9.41. The molecule has 2 aromatic heterocycles. The summed E-state index contributed by atoms with van der Waals surface area (Å²) in [7, 11) is 0. The molecule has 0 amide bonds. The Labute approximate surface area is 143 Å². The van der Waals surface area contributed by atoms with Crippen molar-refractivity contribution in [3.05, 3.63) is 67.0 Å². The molecule has 3 N–H and O–H groups in total. The van der Waals surface area contributed by atoms with Gasteiger partial charge in [0, 0.05) is 17.4 Å². The van der Waals surface area contributed by atoms with Crippen molar-refractivity contribution < 1.29 is 10.2 Å². The van der Waals surface area contributed by atoms with Crippen molar-refractivity contribution in [3.63, 3.8) is 0 Å². The summed E-state index contributed by atoms with van der Waals surface area (Å²) in [5, 5.41) is 21.8. The normalized spacial score (nSPS) is 10.7. The second-order valence-corrected chi connectivity index (χ2v) is 5.54. The molecular weight excluding hydrogens is 316 g/mol. The molecule has 0 atom stereocenters. The van der Waals surface area contributed by atoms with Crippen molar-refractivity contribution in [2.75, 3.05) is 5.32 Å². The van der Waals surface area contributed by atoms with Crippen LogP contribution in [0.15, 0.2) is 67.0 Å². The van der Waals surface area contributed by atoms with Gasteiger partial charge in [-0.3, -0.25) is 4.98 Å². The minimum absolute atomic E-state index is 0.202. The van der Waals surface area contributed by atoms with Gasteiger partial charge in [-0.2, -0.15) is 0 Å². The first-order valence-electron chi connectivity index (χ1n) is 7.66. The van der Waals surface area contributed by atoms with Gasteiger partial charge in [0.15, 0.2) is 0 Å². The Morgan fingerprint density at radius 1 is 0.680 bits per heavy atom. The third-order valence-corrected chi connectivity index (χ3v) is 3.76. The maximum absolute atomic E-state index is 9.41.